The van der Waals surface area contributed by atoms with Crippen molar-refractivity contribution in [3.8, 4) is 16.3 Å². The van der Waals surface area contributed by atoms with Crippen LogP contribution >= 0.6 is 11.3 Å². The van der Waals surface area contributed by atoms with Gasteiger partial charge in [-0.25, -0.2) is 9.37 Å². The normalized spacial score (nSPS) is 11.5. The molecule has 7 heteroatoms. The van der Waals surface area contributed by atoms with Crippen molar-refractivity contribution in [2.45, 2.75) is 18.9 Å². The summed E-state index contributed by atoms with van der Waals surface area (Å²) in [6.07, 6.45) is 0. The average Bonchev–Trinajstić information content (AvgIpc) is 3.03. The van der Waals surface area contributed by atoms with Crippen molar-refractivity contribution in [2.24, 2.45) is 0 Å². The van der Waals surface area contributed by atoms with E-state index < -0.39 is 10.1 Å². The summed E-state index contributed by atoms with van der Waals surface area (Å²) in [4.78, 5) is 4.11. The summed E-state index contributed by atoms with van der Waals surface area (Å²) < 4.78 is 43.1. The second kappa shape index (κ2) is 6.33. The minimum absolute atomic E-state index is 0.160. The summed E-state index contributed by atoms with van der Waals surface area (Å²) in [6, 6.07) is 10.9. The van der Waals surface area contributed by atoms with Gasteiger partial charge in [-0.2, -0.15) is 8.42 Å². The maximum atomic E-state index is 13.0. The highest BCUT2D eigenvalue weighted by molar-refractivity contribution is 7.87. The van der Waals surface area contributed by atoms with Gasteiger partial charge in [0.25, 0.3) is 0 Å². The maximum absolute atomic E-state index is 13.0. The van der Waals surface area contributed by atoms with Crippen molar-refractivity contribution in [1.82, 2.24) is 4.98 Å². The van der Waals surface area contributed by atoms with Crippen LogP contribution in [0.1, 0.15) is 11.1 Å². The van der Waals surface area contributed by atoms with Gasteiger partial charge in [0.1, 0.15) is 16.6 Å². The summed E-state index contributed by atoms with van der Waals surface area (Å²) in [6.45, 7) is 3.68. The summed E-state index contributed by atoms with van der Waals surface area (Å²) in [5.74, 6) is -0.0762. The fourth-order valence-electron chi connectivity index (χ4n) is 2.07. The monoisotopic (exact) mass is 363 g/mol. The number of benzene rings is 2. The Morgan fingerprint density at radius 1 is 1.08 bits per heavy atom. The molecule has 0 unspecified atom stereocenters. The predicted molar refractivity (Wildman–Crippen MR) is 91.2 cm³/mol. The van der Waals surface area contributed by atoms with Gasteiger partial charge in [0.05, 0.1) is 0 Å². The first kappa shape index (κ1) is 16.6. The van der Waals surface area contributed by atoms with E-state index in [1.54, 1.807) is 31.2 Å². The lowest BCUT2D eigenvalue weighted by atomic mass is 10.1. The molecule has 2 aromatic carbocycles. The van der Waals surface area contributed by atoms with E-state index in [9.17, 15) is 12.8 Å². The Hall–Kier alpha value is -2.25. The third-order valence-electron chi connectivity index (χ3n) is 3.58. The molecule has 4 nitrogen and oxygen atoms in total. The van der Waals surface area contributed by atoms with Gasteiger partial charge in [-0.1, -0.05) is 12.1 Å². The molecule has 1 heterocycles. The Bertz CT molecular complexity index is 979. The highest BCUT2D eigenvalue weighted by Gasteiger charge is 2.22. The van der Waals surface area contributed by atoms with E-state index in [4.69, 9.17) is 4.18 Å². The first-order chi connectivity index (χ1) is 11.4. The molecule has 0 atom stereocenters. The van der Waals surface area contributed by atoms with Crippen LogP contribution in [-0.4, -0.2) is 13.4 Å². The first-order valence-electron chi connectivity index (χ1n) is 7.09. The van der Waals surface area contributed by atoms with E-state index in [1.165, 1.54) is 17.5 Å². The molecule has 0 aliphatic carbocycles. The minimum Gasteiger partial charge on any atom is -0.378 e. The number of nitrogens with zero attached hydrogens (tertiary/aromatic N) is 1. The fraction of sp³-hybridized carbons (Fsp3) is 0.118. The highest BCUT2D eigenvalue weighted by atomic mass is 32.2. The molecule has 0 radical (unpaired) electrons. The van der Waals surface area contributed by atoms with Gasteiger partial charge in [-0.3, -0.25) is 0 Å². The number of aryl methyl sites for hydroxylation is 1. The van der Waals surface area contributed by atoms with Crippen LogP contribution in [-0.2, 0) is 10.1 Å². The number of aromatic nitrogens is 1. The minimum atomic E-state index is -4.02. The topological polar surface area (TPSA) is 56.3 Å². The molecule has 0 aliphatic rings. The summed E-state index contributed by atoms with van der Waals surface area (Å²) >= 11 is 1.16. The van der Waals surface area contributed by atoms with Gasteiger partial charge in [0.2, 0.25) is 5.03 Å². The number of thiazole rings is 1. The largest absolute Gasteiger partial charge is 0.378 e. The fourth-order valence-corrected chi connectivity index (χ4v) is 4.14. The quantitative estimate of drug-likeness (QED) is 0.647. The second-order valence-electron chi connectivity index (χ2n) is 5.23. The zero-order valence-corrected chi connectivity index (χ0v) is 14.6. The molecular weight excluding hydrogens is 349 g/mol. The molecule has 0 amide bonds. The molecule has 1 aromatic heterocycles. The molecular formula is C17H14FNO3S2. The Balaban J connectivity index is 1.91. The van der Waals surface area contributed by atoms with E-state index >= 15 is 0 Å². The van der Waals surface area contributed by atoms with E-state index in [2.05, 4.69) is 4.98 Å². The molecule has 0 saturated heterocycles. The van der Waals surface area contributed by atoms with Gasteiger partial charge in [-0.05, 0) is 55.3 Å². The highest BCUT2D eigenvalue weighted by Crippen LogP contribution is 2.29. The molecule has 0 spiro atoms. The van der Waals surface area contributed by atoms with E-state index in [0.29, 0.717) is 10.6 Å². The Morgan fingerprint density at radius 3 is 2.50 bits per heavy atom. The number of rotatable bonds is 4. The zero-order valence-electron chi connectivity index (χ0n) is 13.0. The SMILES string of the molecule is Cc1cccc(OS(=O)(=O)c2csc(-c3ccc(F)cc3)n2)c1C. The van der Waals surface area contributed by atoms with Crippen LogP contribution in [0.25, 0.3) is 10.6 Å². The number of halogens is 1. The third kappa shape index (κ3) is 3.32. The van der Waals surface area contributed by atoms with Gasteiger partial charge in [0.15, 0.2) is 0 Å². The van der Waals surface area contributed by atoms with Gasteiger partial charge in [0, 0.05) is 10.9 Å². The lowest BCUT2D eigenvalue weighted by Crippen LogP contribution is -2.11. The summed E-state index contributed by atoms with van der Waals surface area (Å²) in [7, 11) is -4.02. The summed E-state index contributed by atoms with van der Waals surface area (Å²) in [5, 5.41) is 1.74. The lowest BCUT2D eigenvalue weighted by Gasteiger charge is -2.09. The Kier molecular flexibility index (Phi) is 4.38. The standard InChI is InChI=1S/C17H14FNO3S2/c1-11-4-3-5-15(12(11)2)22-24(20,21)16-10-23-17(19-16)13-6-8-14(18)9-7-13/h3-10H,1-2H3. The van der Waals surface area contributed by atoms with Gasteiger partial charge < -0.3 is 4.18 Å². The van der Waals surface area contributed by atoms with Crippen molar-refractivity contribution >= 4 is 21.5 Å². The van der Waals surface area contributed by atoms with E-state index in [-0.39, 0.29) is 16.6 Å². The first-order valence-corrected chi connectivity index (χ1v) is 9.38. The predicted octanol–water partition coefficient (Wildman–Crippen LogP) is 4.33. The van der Waals surface area contributed by atoms with Crippen LogP contribution in [0.5, 0.6) is 5.75 Å². The molecule has 0 fully saturated rings. The van der Waals surface area contributed by atoms with Crippen molar-refractivity contribution in [2.75, 3.05) is 0 Å². The number of hydrogen-bond acceptors (Lipinski definition) is 5. The van der Waals surface area contributed by atoms with Crippen LogP contribution in [0.3, 0.4) is 0 Å². The molecule has 24 heavy (non-hydrogen) atoms. The van der Waals surface area contributed by atoms with Crippen LogP contribution in [0.2, 0.25) is 0 Å². The molecule has 3 aromatic rings. The van der Waals surface area contributed by atoms with Crippen LogP contribution in [0.4, 0.5) is 4.39 Å². The summed E-state index contributed by atoms with van der Waals surface area (Å²) in [5.41, 5.74) is 2.35. The average molecular weight is 363 g/mol. The van der Waals surface area contributed by atoms with E-state index in [1.807, 2.05) is 13.0 Å². The lowest BCUT2D eigenvalue weighted by molar-refractivity contribution is 0.481. The van der Waals surface area contributed by atoms with Crippen LogP contribution < -0.4 is 4.18 Å². The van der Waals surface area contributed by atoms with Crippen LogP contribution in [0, 0.1) is 19.7 Å². The number of hydrogen-bond donors (Lipinski definition) is 0. The van der Waals surface area contributed by atoms with Gasteiger partial charge >= 0.3 is 10.1 Å². The Morgan fingerprint density at radius 2 is 1.79 bits per heavy atom. The molecule has 0 aliphatic heterocycles. The maximum Gasteiger partial charge on any atom is 0.357 e. The second-order valence-corrected chi connectivity index (χ2v) is 7.58. The van der Waals surface area contributed by atoms with Crippen molar-refractivity contribution in [1.29, 1.82) is 0 Å². The van der Waals surface area contributed by atoms with Crippen molar-refractivity contribution in [3.05, 3.63) is 64.8 Å². The molecule has 0 N–H and O–H groups in total. The zero-order chi connectivity index (χ0) is 17.3. The molecule has 0 bridgehead atoms. The van der Waals surface area contributed by atoms with Crippen molar-refractivity contribution in [3.63, 3.8) is 0 Å². The molecule has 0 saturated carbocycles. The third-order valence-corrected chi connectivity index (χ3v) is 5.75. The molecule has 124 valence electrons. The smallest absolute Gasteiger partial charge is 0.357 e. The van der Waals surface area contributed by atoms with Gasteiger partial charge in [-0.15, -0.1) is 11.3 Å². The van der Waals surface area contributed by atoms with E-state index in [0.717, 1.165) is 22.5 Å². The molecule has 3 rings (SSSR count). The van der Waals surface area contributed by atoms with Crippen LogP contribution in [0.15, 0.2) is 52.9 Å². The van der Waals surface area contributed by atoms with Crippen molar-refractivity contribution < 1.29 is 17.0 Å². The Labute approximate surface area is 143 Å².